The molecule has 1 aliphatic carbocycles. The second kappa shape index (κ2) is 11.6. The number of methoxy groups -OCH3 is 1. The number of rotatable bonds is 10. The number of anilines is 1. The molecule has 6 rings (SSSR count). The molecular weight excluding hydrogens is 592 g/mol. The van der Waals surface area contributed by atoms with Gasteiger partial charge in [0, 0.05) is 42.7 Å². The van der Waals surface area contributed by atoms with Crippen LogP contribution in [0.5, 0.6) is 5.88 Å². The molecule has 1 atom stereocenters. The standard InChI is InChI=1S/C30H37F2N7O4S/c1-5-36(22-7-6-12-33-16-22)29(40)21-14-25-34-27(18(2)38(25)26(15-21)43-3)23-13-20-10-11-24(39(30(31)32)44(4,41)42)35-28(20)37(23)17-19-8-9-19/h10-11,13-15,19,22,30,33H,5-9,12,16-17H2,1-4H3/t22-/m0/s1. The van der Waals surface area contributed by atoms with Gasteiger partial charge in [0.25, 0.3) is 5.91 Å². The molecule has 0 bridgehead atoms. The molecule has 0 aromatic carbocycles. The number of nitrogens with zero attached hydrogens (tertiary/aromatic N) is 6. The second-order valence-corrected chi connectivity index (χ2v) is 13.5. The van der Waals surface area contributed by atoms with E-state index in [9.17, 15) is 22.0 Å². The maximum atomic E-state index is 13.8. The van der Waals surface area contributed by atoms with Crippen molar-refractivity contribution in [3.05, 3.63) is 41.6 Å². The number of pyridine rings is 2. The van der Waals surface area contributed by atoms with Gasteiger partial charge in [0.1, 0.15) is 22.8 Å². The number of halogens is 2. The predicted molar refractivity (Wildman–Crippen MR) is 164 cm³/mol. The summed E-state index contributed by atoms with van der Waals surface area (Å²) in [6.45, 7) is 3.49. The molecule has 4 aromatic heterocycles. The lowest BCUT2D eigenvalue weighted by molar-refractivity contribution is 0.0661. The number of aryl methyl sites for hydroxylation is 1. The van der Waals surface area contributed by atoms with Gasteiger partial charge in [-0.1, -0.05) is 0 Å². The van der Waals surface area contributed by atoms with E-state index in [2.05, 4.69) is 10.3 Å². The number of aromatic nitrogens is 4. The molecule has 2 aliphatic rings. The van der Waals surface area contributed by atoms with Crippen molar-refractivity contribution in [1.82, 2.24) is 29.2 Å². The Hall–Kier alpha value is -3.78. The van der Waals surface area contributed by atoms with Crippen LogP contribution in [0.1, 0.15) is 48.7 Å². The number of imidazole rings is 1. The van der Waals surface area contributed by atoms with Gasteiger partial charge >= 0.3 is 6.55 Å². The number of likely N-dealkylation sites (N-methyl/N-ethyl adjacent to an activating group) is 1. The maximum Gasteiger partial charge on any atom is 0.329 e. The van der Waals surface area contributed by atoms with Gasteiger partial charge in [-0.15, -0.1) is 0 Å². The van der Waals surface area contributed by atoms with E-state index in [0.717, 1.165) is 56.4 Å². The Morgan fingerprint density at radius 2 is 1.95 bits per heavy atom. The number of hydrogen-bond acceptors (Lipinski definition) is 7. The average Bonchev–Trinajstić information content (AvgIpc) is 3.66. The summed E-state index contributed by atoms with van der Waals surface area (Å²) in [5.41, 5.74) is 3.54. The molecule has 11 nitrogen and oxygen atoms in total. The van der Waals surface area contributed by atoms with E-state index < -0.39 is 16.6 Å². The van der Waals surface area contributed by atoms with Crippen LogP contribution in [0.25, 0.3) is 28.1 Å². The van der Waals surface area contributed by atoms with Gasteiger partial charge < -0.3 is 19.5 Å². The lowest BCUT2D eigenvalue weighted by Gasteiger charge is -2.34. The highest BCUT2D eigenvalue weighted by Gasteiger charge is 2.31. The van der Waals surface area contributed by atoms with Crippen molar-refractivity contribution in [2.45, 2.75) is 58.7 Å². The van der Waals surface area contributed by atoms with E-state index >= 15 is 0 Å². The van der Waals surface area contributed by atoms with Crippen LogP contribution in [0.3, 0.4) is 0 Å². The Morgan fingerprint density at radius 3 is 2.57 bits per heavy atom. The molecule has 0 unspecified atom stereocenters. The normalized spacial score (nSPS) is 17.5. The quantitative estimate of drug-likeness (QED) is 0.261. The fraction of sp³-hybridized carbons (Fsp3) is 0.500. The predicted octanol–water partition coefficient (Wildman–Crippen LogP) is 4.28. The number of hydrogen-bond donors (Lipinski definition) is 1. The van der Waals surface area contributed by atoms with E-state index in [1.165, 1.54) is 6.07 Å². The summed E-state index contributed by atoms with van der Waals surface area (Å²) in [5.74, 6) is 0.423. The van der Waals surface area contributed by atoms with Gasteiger partial charge in [0.05, 0.1) is 24.8 Å². The molecule has 44 heavy (non-hydrogen) atoms. The van der Waals surface area contributed by atoms with Gasteiger partial charge in [-0.3, -0.25) is 9.20 Å². The zero-order valence-corrected chi connectivity index (χ0v) is 26.1. The number of carbonyl (C=O) groups excluding carboxylic acids is 1. The zero-order chi connectivity index (χ0) is 31.3. The average molecular weight is 630 g/mol. The molecule has 236 valence electrons. The van der Waals surface area contributed by atoms with Crippen LogP contribution in [0, 0.1) is 12.8 Å². The van der Waals surface area contributed by atoms with E-state index in [-0.39, 0.29) is 22.1 Å². The molecule has 0 radical (unpaired) electrons. The van der Waals surface area contributed by atoms with Crippen molar-refractivity contribution in [1.29, 1.82) is 0 Å². The van der Waals surface area contributed by atoms with Gasteiger partial charge in [0.15, 0.2) is 5.88 Å². The Morgan fingerprint density at radius 1 is 1.18 bits per heavy atom. The monoisotopic (exact) mass is 629 g/mol. The summed E-state index contributed by atoms with van der Waals surface area (Å²) < 4.78 is 61.6. The number of nitrogens with one attached hydrogen (secondary N) is 1. The summed E-state index contributed by atoms with van der Waals surface area (Å²) in [7, 11) is -2.71. The topological polar surface area (TPSA) is 114 Å². The number of carbonyl (C=O) groups is 1. The highest BCUT2D eigenvalue weighted by molar-refractivity contribution is 7.92. The van der Waals surface area contributed by atoms with Crippen LogP contribution in [-0.2, 0) is 16.6 Å². The molecule has 1 amide bonds. The third kappa shape index (κ3) is 5.49. The van der Waals surface area contributed by atoms with Crippen LogP contribution in [0.15, 0.2) is 30.3 Å². The molecular formula is C30H37F2N7O4S. The van der Waals surface area contributed by atoms with Crippen molar-refractivity contribution in [2.75, 3.05) is 37.3 Å². The van der Waals surface area contributed by atoms with Crippen molar-refractivity contribution in [2.24, 2.45) is 5.92 Å². The molecule has 0 spiro atoms. The Labute approximate surface area is 254 Å². The number of piperidine rings is 1. The highest BCUT2D eigenvalue weighted by Crippen LogP contribution is 2.38. The van der Waals surface area contributed by atoms with Crippen molar-refractivity contribution in [3.63, 3.8) is 0 Å². The Kier molecular flexibility index (Phi) is 7.99. The molecule has 4 aromatic rings. The number of ether oxygens (including phenoxy) is 1. The van der Waals surface area contributed by atoms with Crippen LogP contribution in [-0.4, -0.2) is 83.8 Å². The Bertz CT molecular complexity index is 1830. The minimum atomic E-state index is -4.27. The van der Waals surface area contributed by atoms with Crippen molar-refractivity contribution < 1.29 is 26.7 Å². The SMILES string of the molecule is CCN(C(=O)c1cc(OC)n2c(C)c(-c3cc4ccc(N(C(F)F)S(C)(=O)=O)nc4n3CC3CC3)nc2c1)[C@H]1CCCNC1. The summed E-state index contributed by atoms with van der Waals surface area (Å²) in [4.78, 5) is 25.0. The van der Waals surface area contributed by atoms with Crippen molar-refractivity contribution in [3.8, 4) is 17.3 Å². The molecule has 1 N–H and O–H groups in total. The molecule has 1 saturated carbocycles. The maximum absolute atomic E-state index is 13.8. The van der Waals surface area contributed by atoms with E-state index in [1.807, 2.05) is 33.8 Å². The number of alkyl halides is 2. The zero-order valence-electron chi connectivity index (χ0n) is 25.3. The molecule has 5 heterocycles. The van der Waals surface area contributed by atoms with Gasteiger partial charge in [-0.25, -0.2) is 18.4 Å². The van der Waals surface area contributed by atoms with Gasteiger partial charge in [0.2, 0.25) is 10.0 Å². The molecule has 2 fully saturated rings. The van der Waals surface area contributed by atoms with Crippen LogP contribution < -0.4 is 14.4 Å². The fourth-order valence-corrected chi connectivity index (χ4v) is 6.95. The van der Waals surface area contributed by atoms with E-state index in [4.69, 9.17) is 9.72 Å². The summed E-state index contributed by atoms with van der Waals surface area (Å²) in [5, 5.41) is 4.05. The summed E-state index contributed by atoms with van der Waals surface area (Å²) in [6, 6.07) is 8.41. The van der Waals surface area contributed by atoms with Crippen LogP contribution >= 0.6 is 0 Å². The van der Waals surface area contributed by atoms with Crippen molar-refractivity contribution >= 4 is 38.4 Å². The second-order valence-electron chi connectivity index (χ2n) is 11.6. The van der Waals surface area contributed by atoms with Gasteiger partial charge in [-0.2, -0.15) is 13.1 Å². The molecule has 14 heteroatoms. The first kappa shape index (κ1) is 30.3. The lowest BCUT2D eigenvalue weighted by Crippen LogP contribution is -2.48. The summed E-state index contributed by atoms with van der Waals surface area (Å²) in [6.07, 6.45) is 4.74. The molecule has 1 saturated heterocycles. The number of fused-ring (bicyclic) bond motifs is 2. The smallest absolute Gasteiger partial charge is 0.329 e. The van der Waals surface area contributed by atoms with Crippen LogP contribution in [0.4, 0.5) is 14.6 Å². The number of sulfonamides is 1. The Balaban J connectivity index is 1.47. The largest absolute Gasteiger partial charge is 0.482 e. The molecule has 1 aliphatic heterocycles. The minimum absolute atomic E-state index is 0.0309. The van der Waals surface area contributed by atoms with Gasteiger partial charge in [-0.05, 0) is 76.3 Å². The van der Waals surface area contributed by atoms with Crippen LogP contribution in [0.2, 0.25) is 0 Å². The minimum Gasteiger partial charge on any atom is -0.482 e. The first-order valence-electron chi connectivity index (χ1n) is 14.9. The summed E-state index contributed by atoms with van der Waals surface area (Å²) >= 11 is 0. The third-order valence-corrected chi connectivity index (χ3v) is 9.62. The fourth-order valence-electron chi connectivity index (χ4n) is 6.22. The lowest BCUT2D eigenvalue weighted by atomic mass is 10.0. The highest BCUT2D eigenvalue weighted by atomic mass is 32.2. The third-order valence-electron chi connectivity index (χ3n) is 8.56. The van der Waals surface area contributed by atoms with E-state index in [0.29, 0.717) is 52.8 Å². The first-order chi connectivity index (χ1) is 21.0. The number of amides is 1. The first-order valence-corrected chi connectivity index (χ1v) is 16.7. The van der Waals surface area contributed by atoms with E-state index in [1.54, 1.807) is 25.3 Å².